The van der Waals surface area contributed by atoms with Crippen LogP contribution in [0, 0.1) is 27.4 Å². The Kier molecular flexibility index (Phi) is 5.94. The van der Waals surface area contributed by atoms with Crippen LogP contribution in [0.15, 0.2) is 54.6 Å². The van der Waals surface area contributed by atoms with Crippen molar-refractivity contribution in [2.45, 2.75) is 39.5 Å². The van der Waals surface area contributed by atoms with E-state index in [2.05, 4.69) is 58.0 Å². The zero-order valence-electron chi connectivity index (χ0n) is 15.7. The maximum absolute atomic E-state index is 10.7. The van der Waals surface area contributed by atoms with Gasteiger partial charge in [0, 0.05) is 12.1 Å². The predicted octanol–water partition coefficient (Wildman–Crippen LogP) is 5.68. The van der Waals surface area contributed by atoms with Gasteiger partial charge in [0.1, 0.15) is 0 Å². The number of hydrogen-bond acceptors (Lipinski definition) is 3. The van der Waals surface area contributed by atoms with Crippen molar-refractivity contribution in [1.82, 2.24) is 0 Å². The van der Waals surface area contributed by atoms with Crippen molar-refractivity contribution in [2.24, 2.45) is 5.92 Å². The van der Waals surface area contributed by atoms with Gasteiger partial charge in [0.2, 0.25) is 0 Å². The van der Waals surface area contributed by atoms with Crippen molar-refractivity contribution in [3.8, 4) is 6.07 Å². The smallest absolute Gasteiger partial charge is 0.258 e. The second kappa shape index (κ2) is 7.97. The molecule has 0 saturated heterocycles. The fourth-order valence-corrected chi connectivity index (χ4v) is 2.82. The number of nitriles is 1. The number of allylic oxidation sites excluding steroid dienone is 2. The molecule has 0 radical (unpaired) electrons. The Morgan fingerprint density at radius 3 is 2.19 bits per heavy atom. The molecule has 2 aromatic carbocycles. The van der Waals surface area contributed by atoms with Gasteiger partial charge in [0.15, 0.2) is 0 Å². The van der Waals surface area contributed by atoms with Crippen LogP contribution in [0.4, 0.5) is 5.69 Å². The first-order valence-electron chi connectivity index (χ1n) is 8.67. The molecular formula is C22H24N2O2. The highest BCUT2D eigenvalue weighted by molar-refractivity contribution is 5.77. The van der Waals surface area contributed by atoms with Crippen LogP contribution in [0.25, 0.3) is 5.57 Å². The fraction of sp³-hybridized carbons (Fsp3) is 0.318. The lowest BCUT2D eigenvalue weighted by molar-refractivity contribution is -0.384. The Labute approximate surface area is 154 Å². The normalized spacial score (nSPS) is 13.1. The Morgan fingerprint density at radius 1 is 1.15 bits per heavy atom. The molecule has 1 atom stereocenters. The summed E-state index contributed by atoms with van der Waals surface area (Å²) in [6.07, 6.45) is 2.77. The standard InChI is InChI=1S/C22H24N2O2/c1-16(13-17-5-9-20(10-6-17)22(2,3)4)14-19(15-23)18-7-11-21(12-8-18)24(25)26/h5-12,14,16H,13H2,1-4H3/b19-14+/t16-/m1/s1. The number of nitro groups is 1. The highest BCUT2D eigenvalue weighted by Crippen LogP contribution is 2.24. The zero-order chi connectivity index (χ0) is 19.3. The third-order valence-electron chi connectivity index (χ3n) is 4.34. The summed E-state index contributed by atoms with van der Waals surface area (Å²) in [6.45, 7) is 8.64. The van der Waals surface area contributed by atoms with Crippen molar-refractivity contribution >= 4 is 11.3 Å². The van der Waals surface area contributed by atoms with E-state index in [1.807, 2.05) is 6.08 Å². The second-order valence-electron chi connectivity index (χ2n) is 7.62. The molecule has 26 heavy (non-hydrogen) atoms. The molecule has 0 aliphatic rings. The predicted molar refractivity (Wildman–Crippen MR) is 105 cm³/mol. The van der Waals surface area contributed by atoms with Gasteiger partial charge in [-0.1, -0.05) is 58.0 Å². The summed E-state index contributed by atoms with van der Waals surface area (Å²) in [7, 11) is 0. The van der Waals surface area contributed by atoms with Gasteiger partial charge in [-0.15, -0.1) is 0 Å². The number of rotatable bonds is 5. The van der Waals surface area contributed by atoms with E-state index in [1.165, 1.54) is 23.3 Å². The molecule has 134 valence electrons. The van der Waals surface area contributed by atoms with E-state index < -0.39 is 4.92 Å². The van der Waals surface area contributed by atoms with Crippen LogP contribution >= 0.6 is 0 Å². The van der Waals surface area contributed by atoms with Crippen molar-refractivity contribution in [2.75, 3.05) is 0 Å². The summed E-state index contributed by atoms with van der Waals surface area (Å²) in [5.74, 6) is 0.181. The molecule has 0 fully saturated rings. The second-order valence-corrected chi connectivity index (χ2v) is 7.62. The van der Waals surface area contributed by atoms with Crippen molar-refractivity contribution < 1.29 is 4.92 Å². The van der Waals surface area contributed by atoms with Gasteiger partial charge in [0.25, 0.3) is 5.69 Å². The molecule has 0 aromatic heterocycles. The van der Waals surface area contributed by atoms with Crippen molar-refractivity contribution in [1.29, 1.82) is 5.26 Å². The summed E-state index contributed by atoms with van der Waals surface area (Å²) in [5, 5.41) is 20.2. The number of nitrogens with zero attached hydrogens (tertiary/aromatic N) is 2. The SMILES string of the molecule is C[C@@H](/C=C(\C#N)c1ccc([N+](=O)[O-])cc1)Cc1ccc(C(C)(C)C)cc1. The minimum Gasteiger partial charge on any atom is -0.258 e. The third-order valence-corrected chi connectivity index (χ3v) is 4.34. The molecule has 2 aromatic rings. The Hall–Kier alpha value is -2.93. The monoisotopic (exact) mass is 348 g/mol. The van der Waals surface area contributed by atoms with Gasteiger partial charge in [-0.2, -0.15) is 5.26 Å². The number of nitro benzene ring substituents is 1. The zero-order valence-corrected chi connectivity index (χ0v) is 15.7. The maximum atomic E-state index is 10.7. The van der Waals surface area contributed by atoms with Gasteiger partial charge in [-0.25, -0.2) is 0 Å². The lowest BCUT2D eigenvalue weighted by Crippen LogP contribution is -2.10. The van der Waals surface area contributed by atoms with Crippen LogP contribution in [-0.2, 0) is 11.8 Å². The minimum absolute atomic E-state index is 0.0260. The Balaban J connectivity index is 2.13. The van der Waals surface area contributed by atoms with E-state index in [0.29, 0.717) is 11.1 Å². The molecule has 0 saturated carbocycles. The van der Waals surface area contributed by atoms with E-state index in [0.717, 1.165) is 6.42 Å². The first kappa shape index (κ1) is 19.4. The van der Waals surface area contributed by atoms with Gasteiger partial charge in [-0.3, -0.25) is 10.1 Å². The number of benzene rings is 2. The van der Waals surface area contributed by atoms with Crippen LogP contribution in [0.3, 0.4) is 0 Å². The first-order valence-corrected chi connectivity index (χ1v) is 8.67. The van der Waals surface area contributed by atoms with Crippen molar-refractivity contribution in [3.05, 3.63) is 81.4 Å². The number of non-ortho nitro benzene ring substituents is 1. The van der Waals surface area contributed by atoms with E-state index >= 15 is 0 Å². The molecule has 0 N–H and O–H groups in total. The quantitative estimate of drug-likeness (QED) is 0.397. The summed E-state index contributed by atoms with van der Waals surface area (Å²) >= 11 is 0. The topological polar surface area (TPSA) is 66.9 Å². The van der Waals surface area contributed by atoms with Crippen LogP contribution in [0.1, 0.15) is 44.4 Å². The molecule has 0 amide bonds. The molecule has 0 unspecified atom stereocenters. The van der Waals surface area contributed by atoms with Gasteiger partial charge in [-0.05, 0) is 46.6 Å². The van der Waals surface area contributed by atoms with Gasteiger partial charge < -0.3 is 0 Å². The molecule has 4 nitrogen and oxygen atoms in total. The average molecular weight is 348 g/mol. The first-order chi connectivity index (χ1) is 12.2. The lowest BCUT2D eigenvalue weighted by Gasteiger charge is -2.19. The molecule has 4 heteroatoms. The fourth-order valence-electron chi connectivity index (χ4n) is 2.82. The number of hydrogen-bond donors (Lipinski definition) is 0. The highest BCUT2D eigenvalue weighted by Gasteiger charge is 2.13. The highest BCUT2D eigenvalue weighted by atomic mass is 16.6. The Morgan fingerprint density at radius 2 is 1.73 bits per heavy atom. The third kappa shape index (κ3) is 5.03. The van der Waals surface area contributed by atoms with E-state index in [-0.39, 0.29) is 17.0 Å². The van der Waals surface area contributed by atoms with Crippen LogP contribution in [0.5, 0.6) is 0 Å². The molecule has 0 bridgehead atoms. The van der Waals surface area contributed by atoms with Crippen molar-refractivity contribution in [3.63, 3.8) is 0 Å². The Bertz CT molecular complexity index is 836. The van der Waals surface area contributed by atoms with E-state index in [1.54, 1.807) is 12.1 Å². The minimum atomic E-state index is -0.441. The van der Waals surface area contributed by atoms with Gasteiger partial charge in [0.05, 0.1) is 16.6 Å². The van der Waals surface area contributed by atoms with Crippen LogP contribution in [0.2, 0.25) is 0 Å². The molecule has 2 rings (SSSR count). The summed E-state index contributed by atoms with van der Waals surface area (Å²) < 4.78 is 0. The van der Waals surface area contributed by atoms with Gasteiger partial charge >= 0.3 is 0 Å². The summed E-state index contributed by atoms with van der Waals surface area (Å²) in [6, 6.07) is 16.9. The molecule has 0 aliphatic heterocycles. The average Bonchev–Trinajstić information content (AvgIpc) is 2.59. The molecule has 0 spiro atoms. The van der Waals surface area contributed by atoms with Crippen LogP contribution in [-0.4, -0.2) is 4.92 Å². The van der Waals surface area contributed by atoms with Crippen LogP contribution < -0.4 is 0 Å². The molecule has 0 heterocycles. The molecular weight excluding hydrogens is 324 g/mol. The maximum Gasteiger partial charge on any atom is 0.269 e. The largest absolute Gasteiger partial charge is 0.269 e. The molecule has 0 aliphatic carbocycles. The van der Waals surface area contributed by atoms with E-state index in [9.17, 15) is 15.4 Å². The lowest BCUT2D eigenvalue weighted by atomic mass is 9.86. The summed E-state index contributed by atoms with van der Waals surface area (Å²) in [4.78, 5) is 10.3. The summed E-state index contributed by atoms with van der Waals surface area (Å²) in [5.41, 5.74) is 3.93. The van der Waals surface area contributed by atoms with E-state index in [4.69, 9.17) is 0 Å².